The quantitative estimate of drug-likeness (QED) is 0.914. The average Bonchev–Trinajstić information content (AvgIpc) is 2.46. The highest BCUT2D eigenvalue weighted by Gasteiger charge is 2.21. The topological polar surface area (TPSA) is 21.3 Å². The van der Waals surface area contributed by atoms with Crippen molar-refractivity contribution >= 4 is 11.6 Å². The van der Waals surface area contributed by atoms with Gasteiger partial charge in [0.05, 0.1) is 6.61 Å². The summed E-state index contributed by atoms with van der Waals surface area (Å²) >= 11 is 6.08. The Hall–Kier alpha value is -1.51. The Labute approximate surface area is 118 Å². The molecule has 0 bridgehead atoms. The first-order valence-corrected chi connectivity index (χ1v) is 6.90. The Bertz CT molecular complexity index is 556. The summed E-state index contributed by atoms with van der Waals surface area (Å²) in [4.78, 5) is 0. The Morgan fingerprint density at radius 3 is 2.84 bits per heavy atom. The van der Waals surface area contributed by atoms with E-state index >= 15 is 0 Å². The van der Waals surface area contributed by atoms with Gasteiger partial charge in [-0.1, -0.05) is 41.9 Å². The summed E-state index contributed by atoms with van der Waals surface area (Å²) in [5, 5.41) is 4.34. The molecule has 0 fully saturated rings. The monoisotopic (exact) mass is 273 g/mol. The molecular formula is C16H16ClNO. The largest absolute Gasteiger partial charge is 0.493 e. The molecule has 0 saturated carbocycles. The highest BCUT2D eigenvalue weighted by molar-refractivity contribution is 6.30. The summed E-state index contributed by atoms with van der Waals surface area (Å²) < 4.78 is 5.66. The number of nitrogens with one attached hydrogen (secondary N) is 1. The van der Waals surface area contributed by atoms with Gasteiger partial charge in [-0.3, -0.25) is 0 Å². The summed E-state index contributed by atoms with van der Waals surface area (Å²) in [5.74, 6) is 0.946. The zero-order chi connectivity index (χ0) is 13.1. The molecule has 1 aliphatic rings. The fourth-order valence-corrected chi connectivity index (χ4v) is 2.59. The molecule has 3 heteroatoms. The SMILES string of the molecule is Clc1ccc2c(c1)C(NCc1ccccc1)CCO2. The molecule has 19 heavy (non-hydrogen) atoms. The van der Waals surface area contributed by atoms with E-state index in [0.717, 1.165) is 35.9 Å². The fourth-order valence-electron chi connectivity index (χ4n) is 2.41. The van der Waals surface area contributed by atoms with Crippen LogP contribution in [0.4, 0.5) is 0 Å². The van der Waals surface area contributed by atoms with E-state index in [1.54, 1.807) is 0 Å². The van der Waals surface area contributed by atoms with Crippen LogP contribution in [0.2, 0.25) is 5.02 Å². The maximum absolute atomic E-state index is 6.08. The van der Waals surface area contributed by atoms with Crippen molar-refractivity contribution in [2.75, 3.05) is 6.61 Å². The molecule has 2 aromatic rings. The zero-order valence-corrected chi connectivity index (χ0v) is 11.4. The van der Waals surface area contributed by atoms with Gasteiger partial charge in [0.2, 0.25) is 0 Å². The fraction of sp³-hybridized carbons (Fsp3) is 0.250. The lowest BCUT2D eigenvalue weighted by Crippen LogP contribution is -2.26. The summed E-state index contributed by atoms with van der Waals surface area (Å²) in [6.07, 6.45) is 0.972. The number of ether oxygens (including phenoxy) is 1. The summed E-state index contributed by atoms with van der Waals surface area (Å²) in [6.45, 7) is 1.61. The maximum atomic E-state index is 6.08. The van der Waals surface area contributed by atoms with Gasteiger partial charge in [0, 0.05) is 29.6 Å². The Morgan fingerprint density at radius 1 is 1.16 bits per heavy atom. The lowest BCUT2D eigenvalue weighted by molar-refractivity contribution is 0.252. The molecule has 0 aromatic heterocycles. The number of fused-ring (bicyclic) bond motifs is 1. The molecular weight excluding hydrogens is 258 g/mol. The van der Waals surface area contributed by atoms with Gasteiger partial charge >= 0.3 is 0 Å². The van der Waals surface area contributed by atoms with Crippen LogP contribution in [0.15, 0.2) is 48.5 Å². The van der Waals surface area contributed by atoms with Crippen molar-refractivity contribution in [3.63, 3.8) is 0 Å². The molecule has 1 N–H and O–H groups in total. The molecule has 0 spiro atoms. The predicted octanol–water partition coefficient (Wildman–Crippen LogP) is 3.95. The third kappa shape index (κ3) is 2.91. The minimum Gasteiger partial charge on any atom is -0.493 e. The number of hydrogen-bond donors (Lipinski definition) is 1. The van der Waals surface area contributed by atoms with E-state index in [1.165, 1.54) is 5.56 Å². The van der Waals surface area contributed by atoms with Crippen molar-refractivity contribution in [3.8, 4) is 5.75 Å². The first-order chi connectivity index (χ1) is 9.33. The highest BCUT2D eigenvalue weighted by Crippen LogP contribution is 2.34. The second-order valence-electron chi connectivity index (χ2n) is 4.74. The summed E-state index contributed by atoms with van der Waals surface area (Å²) in [5.41, 5.74) is 2.45. The third-order valence-corrected chi connectivity index (χ3v) is 3.64. The normalized spacial score (nSPS) is 17.6. The second kappa shape index (κ2) is 5.64. The van der Waals surface area contributed by atoms with Gasteiger partial charge < -0.3 is 10.1 Å². The molecule has 2 nitrogen and oxygen atoms in total. The lowest BCUT2D eigenvalue weighted by Gasteiger charge is -2.27. The van der Waals surface area contributed by atoms with Crippen LogP contribution >= 0.6 is 11.6 Å². The smallest absolute Gasteiger partial charge is 0.124 e. The van der Waals surface area contributed by atoms with Gasteiger partial charge in [0.25, 0.3) is 0 Å². The maximum Gasteiger partial charge on any atom is 0.124 e. The number of hydrogen-bond acceptors (Lipinski definition) is 2. The summed E-state index contributed by atoms with van der Waals surface area (Å²) in [6, 6.07) is 16.6. The van der Waals surface area contributed by atoms with Crippen molar-refractivity contribution in [2.45, 2.75) is 19.0 Å². The van der Waals surface area contributed by atoms with Crippen molar-refractivity contribution in [1.82, 2.24) is 5.32 Å². The molecule has 0 saturated heterocycles. The van der Waals surface area contributed by atoms with Gasteiger partial charge in [0.1, 0.15) is 5.75 Å². The van der Waals surface area contributed by atoms with E-state index in [-0.39, 0.29) is 0 Å². The molecule has 98 valence electrons. The van der Waals surface area contributed by atoms with E-state index < -0.39 is 0 Å². The molecule has 1 aliphatic heterocycles. The van der Waals surface area contributed by atoms with E-state index in [9.17, 15) is 0 Å². The Kier molecular flexibility index (Phi) is 3.72. The van der Waals surface area contributed by atoms with Crippen molar-refractivity contribution in [1.29, 1.82) is 0 Å². The summed E-state index contributed by atoms with van der Waals surface area (Å²) in [7, 11) is 0. The van der Waals surface area contributed by atoms with Gasteiger partial charge in [-0.25, -0.2) is 0 Å². The standard InChI is InChI=1S/C16H16ClNO/c17-13-6-7-16-14(10-13)15(8-9-19-16)18-11-12-4-2-1-3-5-12/h1-7,10,15,18H,8-9,11H2. The van der Waals surface area contributed by atoms with Crippen LogP contribution < -0.4 is 10.1 Å². The Morgan fingerprint density at radius 2 is 2.00 bits per heavy atom. The van der Waals surface area contributed by atoms with Crippen LogP contribution in [0, 0.1) is 0 Å². The molecule has 0 aliphatic carbocycles. The van der Waals surface area contributed by atoms with Crippen LogP contribution in [-0.4, -0.2) is 6.61 Å². The molecule has 3 rings (SSSR count). The molecule has 1 atom stereocenters. The molecule has 2 aromatic carbocycles. The average molecular weight is 274 g/mol. The molecule has 1 unspecified atom stereocenters. The number of benzene rings is 2. The van der Waals surface area contributed by atoms with E-state index in [4.69, 9.17) is 16.3 Å². The third-order valence-electron chi connectivity index (χ3n) is 3.41. The second-order valence-corrected chi connectivity index (χ2v) is 5.17. The lowest BCUT2D eigenvalue weighted by atomic mass is 10.0. The van der Waals surface area contributed by atoms with Crippen molar-refractivity contribution in [2.24, 2.45) is 0 Å². The zero-order valence-electron chi connectivity index (χ0n) is 10.6. The highest BCUT2D eigenvalue weighted by atomic mass is 35.5. The molecule has 1 heterocycles. The minimum atomic E-state index is 0.308. The number of rotatable bonds is 3. The van der Waals surface area contributed by atoms with Crippen LogP contribution in [-0.2, 0) is 6.54 Å². The predicted molar refractivity (Wildman–Crippen MR) is 77.6 cm³/mol. The van der Waals surface area contributed by atoms with Crippen LogP contribution in [0.3, 0.4) is 0 Å². The molecule has 0 amide bonds. The van der Waals surface area contributed by atoms with E-state index in [2.05, 4.69) is 29.6 Å². The first kappa shape index (κ1) is 12.5. The van der Waals surface area contributed by atoms with Gasteiger partial charge in [0.15, 0.2) is 0 Å². The van der Waals surface area contributed by atoms with Crippen molar-refractivity contribution < 1.29 is 4.74 Å². The van der Waals surface area contributed by atoms with E-state index in [0.29, 0.717) is 6.04 Å². The van der Waals surface area contributed by atoms with Gasteiger partial charge in [-0.05, 0) is 23.8 Å². The van der Waals surface area contributed by atoms with Crippen LogP contribution in [0.25, 0.3) is 0 Å². The van der Waals surface area contributed by atoms with Crippen LogP contribution in [0.5, 0.6) is 5.75 Å². The van der Waals surface area contributed by atoms with Crippen LogP contribution in [0.1, 0.15) is 23.6 Å². The van der Waals surface area contributed by atoms with E-state index in [1.807, 2.05) is 24.3 Å². The molecule has 0 radical (unpaired) electrons. The first-order valence-electron chi connectivity index (χ1n) is 6.52. The van der Waals surface area contributed by atoms with Gasteiger partial charge in [-0.15, -0.1) is 0 Å². The minimum absolute atomic E-state index is 0.308. The Balaban J connectivity index is 1.75. The number of halogens is 1. The van der Waals surface area contributed by atoms with Gasteiger partial charge in [-0.2, -0.15) is 0 Å². The van der Waals surface area contributed by atoms with Crippen molar-refractivity contribution in [3.05, 3.63) is 64.7 Å².